The summed E-state index contributed by atoms with van der Waals surface area (Å²) >= 11 is 0. The first-order valence-corrected chi connectivity index (χ1v) is 8.58. The van der Waals surface area contributed by atoms with Crippen molar-refractivity contribution in [3.8, 4) is 5.75 Å². The highest BCUT2D eigenvalue weighted by molar-refractivity contribution is 5.96. The predicted octanol–water partition coefficient (Wildman–Crippen LogP) is 3.95. The molecule has 0 aromatic heterocycles. The highest BCUT2D eigenvalue weighted by Gasteiger charge is 2.23. The average Bonchev–Trinajstić information content (AvgIpc) is 2.58. The van der Waals surface area contributed by atoms with Crippen LogP contribution < -0.4 is 10.1 Å². The van der Waals surface area contributed by atoms with Crippen LogP contribution >= 0.6 is 0 Å². The molecule has 2 rings (SSSR count). The zero-order chi connectivity index (χ0) is 19.3. The number of ether oxygens (including phenoxy) is 2. The Balaban J connectivity index is 1.92. The SMILES string of the molecule is Cc1cccc(O[C@@H](C)C(=O)O[C@@H](C)C(=O)Nc2cc(C)ccc2C)c1. The van der Waals surface area contributed by atoms with E-state index in [4.69, 9.17) is 9.47 Å². The number of hydrogen-bond acceptors (Lipinski definition) is 4. The van der Waals surface area contributed by atoms with Gasteiger partial charge in [-0.05, 0) is 69.5 Å². The highest BCUT2D eigenvalue weighted by atomic mass is 16.6. The number of nitrogens with one attached hydrogen (secondary N) is 1. The van der Waals surface area contributed by atoms with Gasteiger partial charge in [0.05, 0.1) is 0 Å². The Bertz CT molecular complexity index is 800. The fourth-order valence-corrected chi connectivity index (χ4v) is 2.37. The number of rotatable bonds is 6. The molecule has 2 aromatic carbocycles. The molecule has 0 aliphatic heterocycles. The molecule has 26 heavy (non-hydrogen) atoms. The molecule has 0 saturated heterocycles. The molecule has 1 N–H and O–H groups in total. The maximum absolute atomic E-state index is 12.3. The normalized spacial score (nSPS) is 12.8. The number of benzene rings is 2. The first-order valence-electron chi connectivity index (χ1n) is 8.58. The van der Waals surface area contributed by atoms with E-state index in [1.165, 1.54) is 6.92 Å². The van der Waals surface area contributed by atoms with Gasteiger partial charge in [-0.3, -0.25) is 4.79 Å². The van der Waals surface area contributed by atoms with Crippen molar-refractivity contribution in [3.63, 3.8) is 0 Å². The Morgan fingerprint density at radius 1 is 0.923 bits per heavy atom. The molecule has 0 bridgehead atoms. The first kappa shape index (κ1) is 19.5. The first-order chi connectivity index (χ1) is 12.3. The van der Waals surface area contributed by atoms with Gasteiger partial charge in [-0.15, -0.1) is 0 Å². The Hall–Kier alpha value is -2.82. The molecule has 2 aromatic rings. The lowest BCUT2D eigenvalue weighted by molar-refractivity contribution is -0.159. The summed E-state index contributed by atoms with van der Waals surface area (Å²) in [6, 6.07) is 13.2. The number of carbonyl (C=O) groups is 2. The molecule has 1 amide bonds. The van der Waals surface area contributed by atoms with Crippen molar-refractivity contribution in [1.29, 1.82) is 0 Å². The zero-order valence-electron chi connectivity index (χ0n) is 15.8. The summed E-state index contributed by atoms with van der Waals surface area (Å²) in [5, 5.41) is 2.80. The fraction of sp³-hybridized carbons (Fsp3) is 0.333. The van der Waals surface area contributed by atoms with Gasteiger partial charge >= 0.3 is 5.97 Å². The minimum Gasteiger partial charge on any atom is -0.479 e. The summed E-state index contributed by atoms with van der Waals surface area (Å²) in [5.41, 5.74) is 3.72. The second-order valence-electron chi connectivity index (χ2n) is 6.46. The summed E-state index contributed by atoms with van der Waals surface area (Å²) in [7, 11) is 0. The van der Waals surface area contributed by atoms with Crippen LogP contribution in [0.2, 0.25) is 0 Å². The summed E-state index contributed by atoms with van der Waals surface area (Å²) < 4.78 is 10.8. The third kappa shape index (κ3) is 5.34. The van der Waals surface area contributed by atoms with Gasteiger partial charge in [0.1, 0.15) is 5.75 Å². The second-order valence-corrected chi connectivity index (χ2v) is 6.46. The van der Waals surface area contributed by atoms with Crippen LogP contribution in [0.1, 0.15) is 30.5 Å². The third-order valence-corrected chi connectivity index (χ3v) is 3.95. The van der Waals surface area contributed by atoms with Crippen LogP contribution in [0.15, 0.2) is 42.5 Å². The zero-order valence-corrected chi connectivity index (χ0v) is 15.8. The van der Waals surface area contributed by atoms with Gasteiger partial charge in [0.2, 0.25) is 0 Å². The Morgan fingerprint density at radius 2 is 1.62 bits per heavy atom. The lowest BCUT2D eigenvalue weighted by atomic mass is 10.1. The standard InChI is InChI=1S/C21H25NO4/c1-13-7-6-8-18(11-13)25-17(5)21(24)26-16(4)20(23)22-19-12-14(2)9-10-15(19)3/h6-12,16-17H,1-5H3,(H,22,23)/t16-,17-/m0/s1. The summed E-state index contributed by atoms with van der Waals surface area (Å²) in [6.07, 6.45) is -1.74. The van der Waals surface area contributed by atoms with Crippen molar-refractivity contribution in [2.75, 3.05) is 5.32 Å². The second kappa shape index (κ2) is 8.52. The van der Waals surface area contributed by atoms with Crippen LogP contribution in [-0.2, 0) is 14.3 Å². The molecule has 5 heteroatoms. The molecule has 0 radical (unpaired) electrons. The van der Waals surface area contributed by atoms with E-state index in [0.29, 0.717) is 11.4 Å². The van der Waals surface area contributed by atoms with Crippen LogP contribution in [0.5, 0.6) is 5.75 Å². The molecular formula is C21H25NO4. The van der Waals surface area contributed by atoms with Crippen molar-refractivity contribution < 1.29 is 19.1 Å². The average molecular weight is 355 g/mol. The summed E-state index contributed by atoms with van der Waals surface area (Å²) in [6.45, 7) is 8.93. The maximum atomic E-state index is 12.3. The molecule has 0 saturated carbocycles. The number of hydrogen-bond donors (Lipinski definition) is 1. The van der Waals surface area contributed by atoms with Gasteiger partial charge in [0, 0.05) is 5.69 Å². The summed E-state index contributed by atoms with van der Waals surface area (Å²) in [5.74, 6) is -0.383. The third-order valence-electron chi connectivity index (χ3n) is 3.95. The molecule has 2 atom stereocenters. The van der Waals surface area contributed by atoms with Gasteiger partial charge in [0.25, 0.3) is 5.91 Å². The Morgan fingerprint density at radius 3 is 2.31 bits per heavy atom. The van der Waals surface area contributed by atoms with Crippen LogP contribution in [0, 0.1) is 20.8 Å². The van der Waals surface area contributed by atoms with E-state index < -0.39 is 18.2 Å². The minimum absolute atomic E-state index is 0.380. The van der Waals surface area contributed by atoms with Gasteiger partial charge in [0.15, 0.2) is 12.2 Å². The lowest BCUT2D eigenvalue weighted by Gasteiger charge is -2.18. The molecule has 0 aliphatic rings. The van der Waals surface area contributed by atoms with E-state index in [1.807, 2.05) is 57.2 Å². The fourth-order valence-electron chi connectivity index (χ4n) is 2.37. The number of anilines is 1. The largest absolute Gasteiger partial charge is 0.479 e. The monoisotopic (exact) mass is 355 g/mol. The molecule has 0 fully saturated rings. The smallest absolute Gasteiger partial charge is 0.347 e. The van der Waals surface area contributed by atoms with Crippen molar-refractivity contribution in [1.82, 2.24) is 0 Å². The van der Waals surface area contributed by atoms with Gasteiger partial charge in [-0.25, -0.2) is 4.79 Å². The molecule has 5 nitrogen and oxygen atoms in total. The van der Waals surface area contributed by atoms with Crippen molar-refractivity contribution in [2.45, 2.75) is 46.8 Å². The van der Waals surface area contributed by atoms with E-state index in [0.717, 1.165) is 16.7 Å². The molecule has 0 aliphatic carbocycles. The molecule has 138 valence electrons. The van der Waals surface area contributed by atoms with Crippen molar-refractivity contribution in [2.24, 2.45) is 0 Å². The topological polar surface area (TPSA) is 64.6 Å². The number of esters is 1. The molecule has 0 heterocycles. The van der Waals surface area contributed by atoms with E-state index >= 15 is 0 Å². The molecule has 0 unspecified atom stereocenters. The molecular weight excluding hydrogens is 330 g/mol. The van der Waals surface area contributed by atoms with E-state index in [1.54, 1.807) is 13.0 Å². The van der Waals surface area contributed by atoms with Crippen LogP contribution in [-0.4, -0.2) is 24.1 Å². The Kier molecular flexibility index (Phi) is 6.39. The highest BCUT2D eigenvalue weighted by Crippen LogP contribution is 2.18. The van der Waals surface area contributed by atoms with Gasteiger partial charge in [-0.1, -0.05) is 24.3 Å². The quantitative estimate of drug-likeness (QED) is 0.797. The van der Waals surface area contributed by atoms with E-state index in [2.05, 4.69) is 5.32 Å². The van der Waals surface area contributed by atoms with Gasteiger partial charge in [-0.2, -0.15) is 0 Å². The molecule has 0 spiro atoms. The van der Waals surface area contributed by atoms with Crippen molar-refractivity contribution >= 4 is 17.6 Å². The Labute approximate surface area is 154 Å². The number of amides is 1. The van der Waals surface area contributed by atoms with Crippen LogP contribution in [0.4, 0.5) is 5.69 Å². The predicted molar refractivity (Wildman–Crippen MR) is 101 cm³/mol. The lowest BCUT2D eigenvalue weighted by Crippen LogP contribution is -2.35. The number of aryl methyl sites for hydroxylation is 3. The van der Waals surface area contributed by atoms with Crippen LogP contribution in [0.25, 0.3) is 0 Å². The summed E-state index contributed by atoms with van der Waals surface area (Å²) in [4.78, 5) is 24.5. The maximum Gasteiger partial charge on any atom is 0.347 e. The van der Waals surface area contributed by atoms with E-state index in [-0.39, 0.29) is 5.91 Å². The van der Waals surface area contributed by atoms with Gasteiger partial charge < -0.3 is 14.8 Å². The van der Waals surface area contributed by atoms with Crippen LogP contribution in [0.3, 0.4) is 0 Å². The number of carbonyl (C=O) groups excluding carboxylic acids is 2. The van der Waals surface area contributed by atoms with E-state index in [9.17, 15) is 9.59 Å². The van der Waals surface area contributed by atoms with Crippen molar-refractivity contribution in [3.05, 3.63) is 59.2 Å². The minimum atomic E-state index is -0.925.